The van der Waals surface area contributed by atoms with E-state index in [9.17, 15) is 24.0 Å². The number of amides is 2. The molecule has 37 heavy (non-hydrogen) atoms. The molecule has 0 bridgehead atoms. The zero-order chi connectivity index (χ0) is 27.4. The molecule has 1 fully saturated rings. The van der Waals surface area contributed by atoms with Gasteiger partial charge in [0.05, 0.1) is 0 Å². The molecule has 1 aliphatic heterocycles. The Hall–Kier alpha value is -3.47. The van der Waals surface area contributed by atoms with Gasteiger partial charge >= 0.3 is 18.2 Å². The van der Waals surface area contributed by atoms with Crippen LogP contribution in [-0.2, 0) is 35.2 Å². The molecule has 1 saturated heterocycles. The number of aldehydes is 1. The molecule has 0 spiro atoms. The molecule has 0 aliphatic carbocycles. The zero-order valence-corrected chi connectivity index (χ0v) is 21.9. The number of hydrogen-bond donors (Lipinski definition) is 1. The van der Waals surface area contributed by atoms with Gasteiger partial charge in [-0.3, -0.25) is 19.3 Å². The van der Waals surface area contributed by atoms with E-state index in [0.29, 0.717) is 32.2 Å². The van der Waals surface area contributed by atoms with Crippen molar-refractivity contribution in [1.82, 2.24) is 15.1 Å². The number of ether oxygens (including phenoxy) is 3. The molecule has 0 aromatic heterocycles. The summed E-state index contributed by atoms with van der Waals surface area (Å²) in [7, 11) is 0. The number of ketones is 1. The second kappa shape index (κ2) is 14.3. The van der Waals surface area contributed by atoms with Crippen molar-refractivity contribution in [2.24, 2.45) is 0 Å². The molecule has 1 aromatic carbocycles. The van der Waals surface area contributed by atoms with E-state index in [4.69, 9.17) is 14.2 Å². The number of likely N-dealkylation sites (tertiary alicyclic amines) is 1. The van der Waals surface area contributed by atoms with Crippen molar-refractivity contribution in [3.8, 4) is 0 Å². The van der Waals surface area contributed by atoms with Crippen LogP contribution in [0.1, 0.15) is 52.5 Å². The van der Waals surface area contributed by atoms with Gasteiger partial charge in [-0.05, 0) is 46.1 Å². The van der Waals surface area contributed by atoms with Crippen LogP contribution < -0.4 is 5.32 Å². The fraction of sp³-hybridized carbons (Fsp3) is 0.577. The molecule has 1 unspecified atom stereocenters. The first kappa shape index (κ1) is 29.8. The van der Waals surface area contributed by atoms with Gasteiger partial charge in [-0.15, -0.1) is 0 Å². The Kier molecular flexibility index (Phi) is 11.5. The molecule has 11 nitrogen and oxygen atoms in total. The third kappa shape index (κ3) is 11.0. The van der Waals surface area contributed by atoms with Gasteiger partial charge in [0.1, 0.15) is 24.4 Å². The normalized spacial score (nSPS) is 15.0. The van der Waals surface area contributed by atoms with E-state index < -0.39 is 36.4 Å². The van der Waals surface area contributed by atoms with Crippen LogP contribution in [0.3, 0.4) is 0 Å². The Labute approximate surface area is 217 Å². The van der Waals surface area contributed by atoms with Crippen molar-refractivity contribution in [3.05, 3.63) is 35.9 Å². The van der Waals surface area contributed by atoms with Gasteiger partial charge in [-0.2, -0.15) is 0 Å². The lowest BCUT2D eigenvalue weighted by Crippen LogP contribution is -2.54. The van der Waals surface area contributed by atoms with Crippen molar-refractivity contribution in [3.63, 3.8) is 0 Å². The van der Waals surface area contributed by atoms with E-state index >= 15 is 0 Å². The largest absolute Gasteiger partial charge is 0.445 e. The predicted molar refractivity (Wildman–Crippen MR) is 133 cm³/mol. The van der Waals surface area contributed by atoms with E-state index in [2.05, 4.69) is 5.32 Å². The van der Waals surface area contributed by atoms with Gasteiger partial charge in [0.25, 0.3) is 0 Å². The minimum atomic E-state index is -1.24. The number of piperidine rings is 1. The first-order valence-corrected chi connectivity index (χ1v) is 12.3. The van der Waals surface area contributed by atoms with E-state index in [-0.39, 0.29) is 31.5 Å². The summed E-state index contributed by atoms with van der Waals surface area (Å²) in [5, 5.41) is 2.64. The summed E-state index contributed by atoms with van der Waals surface area (Å²) in [4.78, 5) is 63.1. The second-order valence-electron chi connectivity index (χ2n) is 9.82. The molecule has 0 saturated carbocycles. The Morgan fingerprint density at radius 1 is 1.14 bits per heavy atom. The monoisotopic (exact) mass is 519 g/mol. The summed E-state index contributed by atoms with van der Waals surface area (Å²) in [5.74, 6) is -1.19. The molecule has 2 rings (SSSR count). The third-order valence-corrected chi connectivity index (χ3v) is 5.53. The lowest BCUT2D eigenvalue weighted by atomic mass is 10.0. The average molecular weight is 520 g/mol. The average Bonchev–Trinajstić information content (AvgIpc) is 2.83. The van der Waals surface area contributed by atoms with Crippen molar-refractivity contribution < 1.29 is 38.2 Å². The highest BCUT2D eigenvalue weighted by molar-refractivity contribution is 5.94. The highest BCUT2D eigenvalue weighted by atomic mass is 16.6. The Morgan fingerprint density at radius 3 is 2.35 bits per heavy atom. The van der Waals surface area contributed by atoms with Crippen LogP contribution in [0.4, 0.5) is 9.59 Å². The van der Waals surface area contributed by atoms with Crippen LogP contribution in [-0.4, -0.2) is 84.1 Å². The predicted octanol–water partition coefficient (Wildman–Crippen LogP) is 2.66. The number of esters is 1. The molecule has 204 valence electrons. The number of carbonyl (C=O) groups excluding carboxylic acids is 5. The zero-order valence-electron chi connectivity index (χ0n) is 21.9. The Morgan fingerprint density at radius 2 is 1.78 bits per heavy atom. The SMILES string of the molecule is CC(=O)CC(=O)OC(C=O)N(CCNC(=O)OCc1ccccc1)C1CCN(C(=O)OC(C)(C)C)CC1. The summed E-state index contributed by atoms with van der Waals surface area (Å²) in [6, 6.07) is 9.00. The van der Waals surface area contributed by atoms with Crippen molar-refractivity contribution in [2.75, 3.05) is 26.2 Å². The summed E-state index contributed by atoms with van der Waals surface area (Å²) in [5.41, 5.74) is 0.225. The van der Waals surface area contributed by atoms with E-state index in [1.807, 2.05) is 30.3 Å². The van der Waals surface area contributed by atoms with Gasteiger partial charge < -0.3 is 24.4 Å². The Bertz CT molecular complexity index is 923. The van der Waals surface area contributed by atoms with Crippen LogP contribution in [0.25, 0.3) is 0 Å². The summed E-state index contributed by atoms with van der Waals surface area (Å²) >= 11 is 0. The molecular weight excluding hydrogens is 482 g/mol. The van der Waals surface area contributed by atoms with Gasteiger partial charge in [0.15, 0.2) is 6.29 Å². The van der Waals surface area contributed by atoms with Gasteiger partial charge in [0, 0.05) is 32.2 Å². The second-order valence-corrected chi connectivity index (χ2v) is 9.82. The number of hydrogen-bond acceptors (Lipinski definition) is 9. The maximum Gasteiger partial charge on any atom is 0.410 e. The maximum absolute atomic E-state index is 12.4. The van der Waals surface area contributed by atoms with Crippen LogP contribution >= 0.6 is 0 Å². The smallest absolute Gasteiger partial charge is 0.410 e. The number of carbonyl (C=O) groups is 5. The number of alkyl carbamates (subject to hydrolysis) is 1. The minimum Gasteiger partial charge on any atom is -0.445 e. The first-order chi connectivity index (χ1) is 17.5. The summed E-state index contributed by atoms with van der Waals surface area (Å²) < 4.78 is 15.9. The van der Waals surface area contributed by atoms with Gasteiger partial charge in [-0.1, -0.05) is 30.3 Å². The molecule has 11 heteroatoms. The van der Waals surface area contributed by atoms with Crippen LogP contribution in [0.2, 0.25) is 0 Å². The molecule has 1 aromatic rings. The molecule has 0 radical (unpaired) electrons. The summed E-state index contributed by atoms with van der Waals surface area (Å²) in [6.45, 7) is 7.81. The van der Waals surface area contributed by atoms with Crippen LogP contribution in [0.15, 0.2) is 30.3 Å². The molecule has 2 amide bonds. The standard InChI is InChI=1S/C26H37N3O8/c1-19(31)16-23(32)36-22(17-30)29(15-12-27-24(33)35-18-20-8-6-5-7-9-20)21-10-13-28(14-11-21)25(34)37-26(2,3)4/h5-9,17,21-22H,10-16,18H2,1-4H3,(H,27,33). The lowest BCUT2D eigenvalue weighted by molar-refractivity contribution is -0.166. The number of nitrogens with zero attached hydrogens (tertiary/aromatic N) is 2. The third-order valence-electron chi connectivity index (χ3n) is 5.53. The van der Waals surface area contributed by atoms with Crippen molar-refractivity contribution in [2.45, 2.75) is 71.4 Å². The Balaban J connectivity index is 1.98. The lowest BCUT2D eigenvalue weighted by Gasteiger charge is -2.40. The highest BCUT2D eigenvalue weighted by Crippen LogP contribution is 2.21. The van der Waals surface area contributed by atoms with Crippen molar-refractivity contribution >= 4 is 30.2 Å². The fourth-order valence-corrected chi connectivity index (χ4v) is 3.84. The van der Waals surface area contributed by atoms with Crippen molar-refractivity contribution in [1.29, 1.82) is 0 Å². The number of rotatable bonds is 11. The van der Waals surface area contributed by atoms with E-state index in [1.165, 1.54) is 6.92 Å². The van der Waals surface area contributed by atoms with E-state index in [1.54, 1.807) is 30.6 Å². The van der Waals surface area contributed by atoms with Gasteiger partial charge in [0.2, 0.25) is 6.23 Å². The molecule has 1 heterocycles. The summed E-state index contributed by atoms with van der Waals surface area (Å²) in [6.07, 6.45) is -1.25. The minimum absolute atomic E-state index is 0.110. The topological polar surface area (TPSA) is 132 Å². The quantitative estimate of drug-likeness (QED) is 0.154. The molecule has 1 N–H and O–H groups in total. The van der Waals surface area contributed by atoms with Gasteiger partial charge in [-0.25, -0.2) is 9.59 Å². The van der Waals surface area contributed by atoms with Crippen LogP contribution in [0, 0.1) is 0 Å². The molecule has 1 atom stereocenters. The number of nitrogens with one attached hydrogen (secondary N) is 1. The van der Waals surface area contributed by atoms with E-state index in [0.717, 1.165) is 5.56 Å². The molecular formula is C26H37N3O8. The number of benzene rings is 1. The number of Topliss-reactive ketones (excluding diaryl/α,β-unsaturated/α-hetero) is 1. The fourth-order valence-electron chi connectivity index (χ4n) is 3.84. The molecule has 1 aliphatic rings. The maximum atomic E-state index is 12.4. The van der Waals surface area contributed by atoms with Crippen LogP contribution in [0.5, 0.6) is 0 Å². The first-order valence-electron chi connectivity index (χ1n) is 12.3. The highest BCUT2D eigenvalue weighted by Gasteiger charge is 2.34.